The summed E-state index contributed by atoms with van der Waals surface area (Å²) in [6.07, 6.45) is -0.249. The Morgan fingerprint density at radius 2 is 1.69 bits per heavy atom. The molecule has 144 valence electrons. The molecule has 0 bridgehead atoms. The van der Waals surface area contributed by atoms with Crippen LogP contribution < -0.4 is 5.32 Å². The normalized spacial score (nSPS) is 12.2. The minimum atomic E-state index is -0.998. The molecule has 1 rings (SSSR count). The topological polar surface area (TPSA) is 90.9 Å². The molecule has 1 aromatic carbocycles. The maximum atomic E-state index is 12.3. The van der Waals surface area contributed by atoms with Crippen LogP contribution in [0.15, 0.2) is 30.3 Å². The molecule has 0 unspecified atom stereocenters. The number of esters is 3. The van der Waals surface area contributed by atoms with E-state index in [1.54, 1.807) is 27.7 Å². The molecule has 0 spiro atoms. The molecule has 0 saturated carbocycles. The Bertz CT molecular complexity index is 594. The molecule has 0 aliphatic heterocycles. The molecule has 1 aromatic rings. The SMILES string of the molecule is CCOC(=O)CN[C@@H](CC(=O)OCc1ccccc1)C(=O)OC(C)(C)C. The van der Waals surface area contributed by atoms with Crippen LogP contribution in [0.2, 0.25) is 0 Å². The van der Waals surface area contributed by atoms with E-state index in [0.717, 1.165) is 5.56 Å². The Morgan fingerprint density at radius 1 is 1.04 bits per heavy atom. The molecule has 0 aromatic heterocycles. The zero-order chi connectivity index (χ0) is 19.6. The van der Waals surface area contributed by atoms with Crippen molar-refractivity contribution in [2.24, 2.45) is 0 Å². The van der Waals surface area contributed by atoms with E-state index in [0.29, 0.717) is 0 Å². The molecule has 1 N–H and O–H groups in total. The summed E-state index contributed by atoms with van der Waals surface area (Å²) in [7, 11) is 0. The van der Waals surface area contributed by atoms with Crippen molar-refractivity contribution >= 4 is 17.9 Å². The van der Waals surface area contributed by atoms with Gasteiger partial charge in [0.15, 0.2) is 0 Å². The van der Waals surface area contributed by atoms with Gasteiger partial charge in [0.1, 0.15) is 18.2 Å². The van der Waals surface area contributed by atoms with Gasteiger partial charge in [-0.15, -0.1) is 0 Å². The second kappa shape index (κ2) is 10.6. The fourth-order valence-corrected chi connectivity index (χ4v) is 1.99. The Morgan fingerprint density at radius 3 is 2.27 bits per heavy atom. The summed E-state index contributed by atoms with van der Waals surface area (Å²) in [5.74, 6) is -1.71. The van der Waals surface area contributed by atoms with E-state index in [9.17, 15) is 14.4 Å². The van der Waals surface area contributed by atoms with Gasteiger partial charge in [0.25, 0.3) is 0 Å². The summed E-state index contributed by atoms with van der Waals surface area (Å²) in [4.78, 5) is 35.9. The highest BCUT2D eigenvalue weighted by Crippen LogP contribution is 2.11. The van der Waals surface area contributed by atoms with E-state index in [2.05, 4.69) is 5.32 Å². The molecule has 26 heavy (non-hydrogen) atoms. The maximum Gasteiger partial charge on any atom is 0.324 e. The van der Waals surface area contributed by atoms with E-state index in [-0.39, 0.29) is 26.2 Å². The monoisotopic (exact) mass is 365 g/mol. The average Bonchev–Trinajstić information content (AvgIpc) is 2.56. The zero-order valence-corrected chi connectivity index (χ0v) is 15.7. The first kappa shape index (κ1) is 21.6. The van der Waals surface area contributed by atoms with Crippen molar-refractivity contribution in [2.45, 2.75) is 52.4 Å². The van der Waals surface area contributed by atoms with Crippen LogP contribution >= 0.6 is 0 Å². The highest BCUT2D eigenvalue weighted by Gasteiger charge is 2.28. The maximum absolute atomic E-state index is 12.3. The number of benzene rings is 1. The molecule has 0 aliphatic rings. The number of carbonyl (C=O) groups excluding carboxylic acids is 3. The largest absolute Gasteiger partial charge is 0.465 e. The number of nitrogens with one attached hydrogen (secondary N) is 1. The Balaban J connectivity index is 2.62. The molecule has 0 aliphatic carbocycles. The third-order valence-electron chi connectivity index (χ3n) is 3.10. The van der Waals surface area contributed by atoms with Gasteiger partial charge < -0.3 is 14.2 Å². The van der Waals surface area contributed by atoms with Gasteiger partial charge in [-0.3, -0.25) is 19.7 Å². The van der Waals surface area contributed by atoms with Gasteiger partial charge in [0.2, 0.25) is 0 Å². The van der Waals surface area contributed by atoms with Crippen molar-refractivity contribution in [3.05, 3.63) is 35.9 Å². The third kappa shape index (κ3) is 9.17. The molecule has 0 radical (unpaired) electrons. The van der Waals surface area contributed by atoms with Crippen LogP contribution in [0.4, 0.5) is 0 Å². The first-order chi connectivity index (χ1) is 12.2. The molecule has 7 heteroatoms. The second-order valence-electron chi connectivity index (χ2n) is 6.62. The van der Waals surface area contributed by atoms with Crippen molar-refractivity contribution in [3.8, 4) is 0 Å². The lowest BCUT2D eigenvalue weighted by Crippen LogP contribution is -2.45. The molecular formula is C19H27NO6. The first-order valence-electron chi connectivity index (χ1n) is 8.52. The highest BCUT2D eigenvalue weighted by atomic mass is 16.6. The number of carbonyl (C=O) groups is 3. The summed E-state index contributed by atoms with van der Waals surface area (Å²) >= 11 is 0. The van der Waals surface area contributed by atoms with E-state index in [4.69, 9.17) is 14.2 Å². The second-order valence-corrected chi connectivity index (χ2v) is 6.62. The molecule has 0 amide bonds. The van der Waals surface area contributed by atoms with E-state index in [1.165, 1.54) is 0 Å². The summed E-state index contributed by atoms with van der Waals surface area (Å²) in [6, 6.07) is 8.21. The van der Waals surface area contributed by atoms with Crippen LogP contribution in [-0.2, 0) is 35.2 Å². The fourth-order valence-electron chi connectivity index (χ4n) is 1.99. The third-order valence-corrected chi connectivity index (χ3v) is 3.10. The minimum Gasteiger partial charge on any atom is -0.465 e. The number of ether oxygens (including phenoxy) is 3. The van der Waals surface area contributed by atoms with Crippen LogP contribution in [-0.4, -0.2) is 42.7 Å². The lowest BCUT2D eigenvalue weighted by Gasteiger charge is -2.24. The van der Waals surface area contributed by atoms with Gasteiger partial charge in [0, 0.05) is 0 Å². The number of hydrogen-bond donors (Lipinski definition) is 1. The summed E-state index contributed by atoms with van der Waals surface area (Å²) in [5, 5.41) is 2.71. The van der Waals surface area contributed by atoms with E-state index < -0.39 is 29.6 Å². The summed E-state index contributed by atoms with van der Waals surface area (Å²) in [6.45, 7) is 6.99. The Labute approximate surface area is 154 Å². The number of rotatable bonds is 9. The van der Waals surface area contributed by atoms with Crippen LogP contribution in [0, 0.1) is 0 Å². The minimum absolute atomic E-state index is 0.110. The van der Waals surface area contributed by atoms with Crippen LogP contribution in [0.5, 0.6) is 0 Å². The van der Waals surface area contributed by atoms with Crippen LogP contribution in [0.3, 0.4) is 0 Å². The highest BCUT2D eigenvalue weighted by molar-refractivity contribution is 5.83. The molecule has 0 heterocycles. The van der Waals surface area contributed by atoms with Crippen molar-refractivity contribution < 1.29 is 28.6 Å². The lowest BCUT2D eigenvalue weighted by atomic mass is 10.1. The van der Waals surface area contributed by atoms with Crippen LogP contribution in [0.25, 0.3) is 0 Å². The van der Waals surface area contributed by atoms with Crippen molar-refractivity contribution in [3.63, 3.8) is 0 Å². The van der Waals surface area contributed by atoms with Gasteiger partial charge in [-0.1, -0.05) is 30.3 Å². The predicted molar refractivity (Wildman–Crippen MR) is 95.1 cm³/mol. The van der Waals surface area contributed by atoms with E-state index in [1.807, 2.05) is 30.3 Å². The lowest BCUT2D eigenvalue weighted by molar-refractivity contribution is -0.161. The van der Waals surface area contributed by atoms with Crippen molar-refractivity contribution in [2.75, 3.05) is 13.2 Å². The Hall–Kier alpha value is -2.41. The smallest absolute Gasteiger partial charge is 0.324 e. The first-order valence-corrected chi connectivity index (χ1v) is 8.52. The molecular weight excluding hydrogens is 338 g/mol. The quantitative estimate of drug-likeness (QED) is 0.528. The van der Waals surface area contributed by atoms with Gasteiger partial charge in [-0.25, -0.2) is 0 Å². The van der Waals surface area contributed by atoms with Gasteiger partial charge in [-0.2, -0.15) is 0 Å². The standard InChI is InChI=1S/C19H27NO6/c1-5-24-17(22)12-20-15(18(23)26-19(2,3)4)11-16(21)25-13-14-9-7-6-8-10-14/h6-10,15,20H,5,11-13H2,1-4H3/t15-/m0/s1. The summed E-state index contributed by atoms with van der Waals surface area (Å²) < 4.78 is 15.3. The molecule has 0 fully saturated rings. The average molecular weight is 365 g/mol. The fraction of sp³-hybridized carbons (Fsp3) is 0.526. The van der Waals surface area contributed by atoms with Gasteiger partial charge >= 0.3 is 17.9 Å². The van der Waals surface area contributed by atoms with Crippen LogP contribution in [0.1, 0.15) is 39.7 Å². The number of hydrogen-bond acceptors (Lipinski definition) is 7. The van der Waals surface area contributed by atoms with Gasteiger partial charge in [0.05, 0.1) is 19.6 Å². The molecule has 7 nitrogen and oxygen atoms in total. The predicted octanol–water partition coefficient (Wildman–Crippen LogP) is 1.98. The van der Waals surface area contributed by atoms with Crippen molar-refractivity contribution in [1.29, 1.82) is 0 Å². The Kier molecular flexibility index (Phi) is 8.78. The molecule has 0 saturated heterocycles. The van der Waals surface area contributed by atoms with Gasteiger partial charge in [-0.05, 0) is 33.3 Å². The van der Waals surface area contributed by atoms with Crippen molar-refractivity contribution in [1.82, 2.24) is 5.32 Å². The zero-order valence-electron chi connectivity index (χ0n) is 15.7. The van der Waals surface area contributed by atoms with E-state index >= 15 is 0 Å². The summed E-state index contributed by atoms with van der Waals surface area (Å²) in [5.41, 5.74) is 0.128. The molecule has 1 atom stereocenters.